The van der Waals surface area contributed by atoms with Gasteiger partial charge in [0, 0.05) is 0 Å². The van der Waals surface area contributed by atoms with Gasteiger partial charge in [0.25, 0.3) is 0 Å². The number of rotatable bonds is 10. The molecule has 0 saturated carbocycles. The van der Waals surface area contributed by atoms with E-state index in [-0.39, 0.29) is 0 Å². The molecule has 0 aliphatic carbocycles. The zero-order chi connectivity index (χ0) is 13.8. The maximum Gasteiger partial charge on any atom is 0.0654 e. The lowest BCUT2D eigenvalue weighted by Gasteiger charge is -2.11. The van der Waals surface area contributed by atoms with Crippen molar-refractivity contribution in [3.05, 3.63) is 42.0 Å². The number of hydrogen-bond donors (Lipinski definition) is 1. The number of benzene rings is 1. The minimum absolute atomic E-state index is 0.337. The highest BCUT2D eigenvalue weighted by Crippen LogP contribution is 2.03. The molecule has 1 atom stereocenters. The van der Waals surface area contributed by atoms with Crippen LogP contribution in [0.15, 0.2) is 36.4 Å². The van der Waals surface area contributed by atoms with Crippen molar-refractivity contribution in [3.63, 3.8) is 0 Å². The lowest BCUT2D eigenvalue weighted by atomic mass is 10.2. The van der Waals surface area contributed by atoms with Gasteiger partial charge in [-0.2, -0.15) is 0 Å². The molecule has 1 N–H and O–H groups in total. The van der Waals surface area contributed by atoms with Crippen molar-refractivity contribution in [2.24, 2.45) is 0 Å². The second kappa shape index (κ2) is 10.8. The van der Waals surface area contributed by atoms with Crippen molar-refractivity contribution in [1.82, 2.24) is 5.32 Å². The summed E-state index contributed by atoms with van der Waals surface area (Å²) >= 11 is 0. The minimum atomic E-state index is 0.337. The zero-order valence-corrected chi connectivity index (χ0v) is 12.3. The van der Waals surface area contributed by atoms with Gasteiger partial charge in [0.2, 0.25) is 0 Å². The Bertz CT molecular complexity index is 334. The molecular weight excluding hydrogens is 234 g/mol. The van der Waals surface area contributed by atoms with E-state index in [2.05, 4.69) is 43.4 Å². The van der Waals surface area contributed by atoms with E-state index < -0.39 is 0 Å². The molecule has 0 aliphatic heterocycles. The Labute approximate surface area is 117 Å². The van der Waals surface area contributed by atoms with Crippen LogP contribution in [0.25, 0.3) is 6.08 Å². The van der Waals surface area contributed by atoms with Gasteiger partial charge in [0.05, 0.1) is 12.7 Å². The van der Waals surface area contributed by atoms with Crippen molar-refractivity contribution in [3.8, 4) is 0 Å². The smallest absolute Gasteiger partial charge is 0.0654 e. The monoisotopic (exact) mass is 261 g/mol. The van der Waals surface area contributed by atoms with Crippen LogP contribution in [0.1, 0.15) is 38.7 Å². The number of hydrogen-bond acceptors (Lipinski definition) is 2. The molecule has 1 unspecified atom stereocenters. The number of ether oxygens (including phenoxy) is 1. The van der Waals surface area contributed by atoms with Gasteiger partial charge in [0.15, 0.2) is 0 Å². The number of nitrogens with one attached hydrogen (secondary N) is 1. The van der Waals surface area contributed by atoms with Gasteiger partial charge < -0.3 is 10.1 Å². The summed E-state index contributed by atoms with van der Waals surface area (Å²) in [4.78, 5) is 0. The molecule has 0 bridgehead atoms. The molecule has 0 amide bonds. The second-order valence-corrected chi connectivity index (χ2v) is 4.85. The van der Waals surface area contributed by atoms with Crippen LogP contribution in [0.3, 0.4) is 0 Å². The van der Waals surface area contributed by atoms with Crippen LogP contribution in [-0.2, 0) is 4.74 Å². The standard InChI is InChI=1S/C17H27NO/c1-3-13-18-14-7-9-16(2)19-15-8-12-17-10-5-4-6-11-17/h4-6,8,10-12,16,18H,3,7,9,13-15H2,1-2H3. The highest BCUT2D eigenvalue weighted by Gasteiger charge is 1.99. The summed E-state index contributed by atoms with van der Waals surface area (Å²) in [6, 6.07) is 10.3. The van der Waals surface area contributed by atoms with E-state index in [4.69, 9.17) is 4.74 Å². The quantitative estimate of drug-likeness (QED) is 0.645. The predicted molar refractivity (Wildman–Crippen MR) is 83.3 cm³/mol. The maximum atomic E-state index is 5.76. The van der Waals surface area contributed by atoms with Crippen LogP contribution in [0, 0.1) is 0 Å². The van der Waals surface area contributed by atoms with Crippen LogP contribution in [0.4, 0.5) is 0 Å². The SMILES string of the molecule is CCCNCCCC(C)OCC=Cc1ccccc1. The van der Waals surface area contributed by atoms with Gasteiger partial charge in [-0.15, -0.1) is 0 Å². The van der Waals surface area contributed by atoms with Gasteiger partial charge in [-0.3, -0.25) is 0 Å². The minimum Gasteiger partial charge on any atom is -0.374 e. The van der Waals surface area contributed by atoms with E-state index in [1.54, 1.807) is 0 Å². The summed E-state index contributed by atoms with van der Waals surface area (Å²) in [6.07, 6.45) is 8.04. The van der Waals surface area contributed by atoms with Crippen LogP contribution in [0.5, 0.6) is 0 Å². The largest absolute Gasteiger partial charge is 0.374 e. The fourth-order valence-corrected chi connectivity index (χ4v) is 1.87. The molecule has 0 radical (unpaired) electrons. The Balaban J connectivity index is 2.04. The molecule has 1 aromatic carbocycles. The van der Waals surface area contributed by atoms with E-state index in [0.29, 0.717) is 12.7 Å². The lowest BCUT2D eigenvalue weighted by Crippen LogP contribution is -2.18. The van der Waals surface area contributed by atoms with Crippen LogP contribution in [-0.4, -0.2) is 25.8 Å². The molecule has 0 aromatic heterocycles. The molecule has 2 heteroatoms. The van der Waals surface area contributed by atoms with Crippen molar-refractivity contribution < 1.29 is 4.74 Å². The van der Waals surface area contributed by atoms with Gasteiger partial charge in [-0.1, -0.05) is 49.4 Å². The fourth-order valence-electron chi connectivity index (χ4n) is 1.87. The molecule has 0 saturated heterocycles. The lowest BCUT2D eigenvalue weighted by molar-refractivity contribution is 0.0806. The molecule has 106 valence electrons. The van der Waals surface area contributed by atoms with Crippen LogP contribution < -0.4 is 5.32 Å². The molecule has 0 fully saturated rings. The van der Waals surface area contributed by atoms with Crippen molar-refractivity contribution >= 4 is 6.08 Å². The molecule has 0 heterocycles. The third kappa shape index (κ3) is 8.57. The summed E-state index contributed by atoms with van der Waals surface area (Å²) in [5.74, 6) is 0. The summed E-state index contributed by atoms with van der Waals surface area (Å²) in [5, 5.41) is 3.41. The van der Waals surface area contributed by atoms with E-state index in [0.717, 1.165) is 19.5 Å². The Morgan fingerprint density at radius 1 is 1.21 bits per heavy atom. The molecule has 0 aliphatic rings. The Morgan fingerprint density at radius 3 is 2.74 bits per heavy atom. The summed E-state index contributed by atoms with van der Waals surface area (Å²) < 4.78 is 5.76. The highest BCUT2D eigenvalue weighted by molar-refractivity contribution is 5.48. The molecule has 1 rings (SSSR count). The normalized spacial score (nSPS) is 12.9. The Hall–Kier alpha value is -1.12. The average molecular weight is 261 g/mol. The molecule has 2 nitrogen and oxygen atoms in total. The summed E-state index contributed by atoms with van der Waals surface area (Å²) in [7, 11) is 0. The summed E-state index contributed by atoms with van der Waals surface area (Å²) in [6.45, 7) is 7.25. The average Bonchev–Trinajstić information content (AvgIpc) is 2.44. The first-order valence-electron chi connectivity index (χ1n) is 7.37. The van der Waals surface area contributed by atoms with Crippen molar-refractivity contribution in [2.75, 3.05) is 19.7 Å². The van der Waals surface area contributed by atoms with Gasteiger partial charge in [-0.25, -0.2) is 0 Å². The van der Waals surface area contributed by atoms with Crippen LogP contribution in [0.2, 0.25) is 0 Å². The van der Waals surface area contributed by atoms with Crippen LogP contribution >= 0.6 is 0 Å². The first-order chi connectivity index (χ1) is 9.33. The Kier molecular flexibility index (Phi) is 9.03. The Morgan fingerprint density at radius 2 is 2.00 bits per heavy atom. The highest BCUT2D eigenvalue weighted by atomic mass is 16.5. The molecular formula is C17H27NO. The van der Waals surface area contributed by atoms with E-state index >= 15 is 0 Å². The predicted octanol–water partition coefficient (Wildman–Crippen LogP) is 3.88. The topological polar surface area (TPSA) is 21.3 Å². The van der Waals surface area contributed by atoms with Gasteiger partial charge >= 0.3 is 0 Å². The summed E-state index contributed by atoms with van der Waals surface area (Å²) in [5.41, 5.74) is 1.22. The van der Waals surface area contributed by atoms with Crippen molar-refractivity contribution in [1.29, 1.82) is 0 Å². The third-order valence-electron chi connectivity index (χ3n) is 2.98. The van der Waals surface area contributed by atoms with E-state index in [1.807, 2.05) is 18.2 Å². The maximum absolute atomic E-state index is 5.76. The first kappa shape index (κ1) is 15.9. The molecule has 1 aromatic rings. The van der Waals surface area contributed by atoms with Gasteiger partial charge in [-0.05, 0) is 44.8 Å². The zero-order valence-electron chi connectivity index (χ0n) is 12.3. The first-order valence-corrected chi connectivity index (χ1v) is 7.37. The molecule has 19 heavy (non-hydrogen) atoms. The van der Waals surface area contributed by atoms with Gasteiger partial charge in [0.1, 0.15) is 0 Å². The third-order valence-corrected chi connectivity index (χ3v) is 2.98. The molecule has 0 spiro atoms. The van der Waals surface area contributed by atoms with E-state index in [9.17, 15) is 0 Å². The van der Waals surface area contributed by atoms with Crippen molar-refractivity contribution in [2.45, 2.75) is 39.2 Å². The fraction of sp³-hybridized carbons (Fsp3) is 0.529. The second-order valence-electron chi connectivity index (χ2n) is 4.85. The van der Waals surface area contributed by atoms with E-state index in [1.165, 1.54) is 18.4 Å².